The Morgan fingerprint density at radius 3 is 2.55 bits per heavy atom. The maximum absolute atomic E-state index is 14.2. The maximum Gasteiger partial charge on any atom is 0.245 e. The van der Waals surface area contributed by atoms with Crippen LogP contribution >= 0.6 is 0 Å². The molecule has 0 saturated carbocycles. The van der Waals surface area contributed by atoms with E-state index >= 15 is 0 Å². The highest BCUT2D eigenvalue weighted by atomic mass is 16.5. The number of hydrogen-bond acceptors (Lipinski definition) is 7. The molecule has 2 aliphatic rings. The predicted molar refractivity (Wildman–Crippen MR) is 158 cm³/mol. The molecule has 3 unspecified atom stereocenters. The van der Waals surface area contributed by atoms with Crippen LogP contribution in [0.15, 0.2) is 60.7 Å². The third kappa shape index (κ3) is 5.54. The minimum Gasteiger partial charge on any atom is -0.497 e. The highest BCUT2D eigenvalue weighted by Crippen LogP contribution is 2.33. The Morgan fingerprint density at radius 1 is 1.00 bits per heavy atom. The van der Waals surface area contributed by atoms with Crippen LogP contribution in [0.25, 0.3) is 11.0 Å². The van der Waals surface area contributed by atoms with E-state index in [0.29, 0.717) is 26.1 Å². The lowest BCUT2D eigenvalue weighted by atomic mass is 9.93. The zero-order valence-electron chi connectivity index (χ0n) is 24.2. The summed E-state index contributed by atoms with van der Waals surface area (Å²) in [5.41, 5.74) is 5.83. The van der Waals surface area contributed by atoms with Gasteiger partial charge in [0.1, 0.15) is 29.1 Å². The van der Waals surface area contributed by atoms with Gasteiger partial charge in [-0.05, 0) is 83.8 Å². The van der Waals surface area contributed by atoms with Gasteiger partial charge in [0.25, 0.3) is 0 Å². The number of likely N-dealkylation sites (tertiary alicyclic amines) is 1. The van der Waals surface area contributed by atoms with Crippen LogP contribution in [-0.2, 0) is 36.0 Å². The number of aromatic nitrogens is 3. The van der Waals surface area contributed by atoms with Gasteiger partial charge in [0.05, 0.1) is 19.7 Å². The quantitative estimate of drug-likeness (QED) is 0.336. The minimum absolute atomic E-state index is 0.0699. The van der Waals surface area contributed by atoms with Crippen molar-refractivity contribution in [2.75, 3.05) is 27.3 Å². The van der Waals surface area contributed by atoms with Gasteiger partial charge in [-0.2, -0.15) is 0 Å². The van der Waals surface area contributed by atoms with Crippen LogP contribution < -0.4 is 20.1 Å². The van der Waals surface area contributed by atoms with E-state index in [2.05, 4.69) is 20.9 Å². The number of carbonyl (C=O) groups excluding carboxylic acids is 2. The fourth-order valence-electron chi connectivity index (χ4n) is 6.22. The molecule has 1 fully saturated rings. The number of hydrogen-bond donors (Lipinski definition) is 2. The molecule has 0 aliphatic carbocycles. The summed E-state index contributed by atoms with van der Waals surface area (Å²) in [6, 6.07) is 18.6. The van der Waals surface area contributed by atoms with Crippen molar-refractivity contribution in [2.24, 2.45) is 13.0 Å². The van der Waals surface area contributed by atoms with E-state index in [4.69, 9.17) is 9.47 Å². The lowest BCUT2D eigenvalue weighted by molar-refractivity contribution is -0.140. The molecule has 2 aliphatic heterocycles. The Bertz CT molecular complexity index is 1600. The molecule has 3 heterocycles. The third-order valence-electron chi connectivity index (χ3n) is 8.45. The molecule has 42 heavy (non-hydrogen) atoms. The second kappa shape index (κ2) is 11.8. The second-order valence-corrected chi connectivity index (χ2v) is 11.1. The first-order chi connectivity index (χ1) is 20.4. The van der Waals surface area contributed by atoms with Gasteiger partial charge in [0.15, 0.2) is 0 Å². The summed E-state index contributed by atoms with van der Waals surface area (Å²) in [7, 11) is 5.14. The topological polar surface area (TPSA) is 111 Å². The Kier molecular flexibility index (Phi) is 7.80. The number of carbonyl (C=O) groups is 2. The molecular formula is C32H36N6O4. The number of benzene rings is 3. The van der Waals surface area contributed by atoms with Crippen LogP contribution in [0.5, 0.6) is 11.5 Å². The molecule has 0 radical (unpaired) electrons. The van der Waals surface area contributed by atoms with Crippen LogP contribution in [0.4, 0.5) is 0 Å². The molecule has 0 bridgehead atoms. The number of methoxy groups -OCH3 is 2. The average molecular weight is 569 g/mol. The first kappa shape index (κ1) is 27.7. The van der Waals surface area contributed by atoms with E-state index in [0.717, 1.165) is 57.6 Å². The van der Waals surface area contributed by atoms with Crippen molar-refractivity contribution >= 4 is 22.8 Å². The number of nitrogens with zero attached hydrogens (tertiary/aromatic N) is 4. The average Bonchev–Trinajstić information content (AvgIpc) is 3.62. The predicted octanol–water partition coefficient (Wildman–Crippen LogP) is 2.95. The summed E-state index contributed by atoms with van der Waals surface area (Å²) in [6.07, 6.45) is 2.18. The minimum atomic E-state index is -0.563. The summed E-state index contributed by atoms with van der Waals surface area (Å²) in [4.78, 5) is 29.6. The van der Waals surface area contributed by atoms with Crippen molar-refractivity contribution in [1.82, 2.24) is 30.5 Å². The van der Waals surface area contributed by atoms with Gasteiger partial charge in [-0.1, -0.05) is 29.5 Å². The van der Waals surface area contributed by atoms with Gasteiger partial charge in [-0.3, -0.25) is 9.59 Å². The van der Waals surface area contributed by atoms with Crippen LogP contribution in [0.2, 0.25) is 0 Å². The summed E-state index contributed by atoms with van der Waals surface area (Å²) in [5, 5.41) is 14.8. The summed E-state index contributed by atoms with van der Waals surface area (Å²) < 4.78 is 12.4. The van der Waals surface area contributed by atoms with E-state index in [1.165, 1.54) is 0 Å². The maximum atomic E-state index is 14.2. The van der Waals surface area contributed by atoms with Crippen molar-refractivity contribution in [3.05, 3.63) is 82.9 Å². The Hall–Kier alpha value is -4.44. The number of rotatable bonds is 8. The van der Waals surface area contributed by atoms with E-state index in [1.54, 1.807) is 23.8 Å². The summed E-state index contributed by atoms with van der Waals surface area (Å²) in [6.45, 7) is 1.54. The van der Waals surface area contributed by atoms with Crippen molar-refractivity contribution in [3.63, 3.8) is 0 Å². The zero-order valence-corrected chi connectivity index (χ0v) is 24.2. The molecule has 3 atom stereocenters. The van der Waals surface area contributed by atoms with E-state index in [-0.39, 0.29) is 17.7 Å². The van der Waals surface area contributed by atoms with Crippen molar-refractivity contribution in [1.29, 1.82) is 0 Å². The molecule has 3 aromatic carbocycles. The lowest BCUT2D eigenvalue weighted by Crippen LogP contribution is -2.50. The van der Waals surface area contributed by atoms with Gasteiger partial charge in [0, 0.05) is 26.7 Å². The molecule has 2 amide bonds. The first-order valence-electron chi connectivity index (χ1n) is 14.3. The summed E-state index contributed by atoms with van der Waals surface area (Å²) >= 11 is 0. The third-order valence-corrected chi connectivity index (χ3v) is 8.45. The number of nitrogens with one attached hydrogen (secondary N) is 2. The molecule has 1 aromatic heterocycles. The molecular weight excluding hydrogens is 532 g/mol. The normalized spacial score (nSPS) is 19.9. The van der Waals surface area contributed by atoms with Crippen LogP contribution in [0, 0.1) is 5.92 Å². The van der Waals surface area contributed by atoms with Crippen LogP contribution in [-0.4, -0.2) is 65.1 Å². The first-order valence-corrected chi connectivity index (χ1v) is 14.3. The molecule has 6 rings (SSSR count). The molecule has 0 spiro atoms. The lowest BCUT2D eigenvalue weighted by Gasteiger charge is -2.32. The van der Waals surface area contributed by atoms with Gasteiger partial charge in [0.2, 0.25) is 11.8 Å². The van der Waals surface area contributed by atoms with Crippen molar-refractivity contribution in [2.45, 2.75) is 37.9 Å². The highest BCUT2D eigenvalue weighted by molar-refractivity contribution is 5.91. The standard InChI is InChI=1S/C32H36N6O4/c1-37-28-11-6-21(15-27(28)35-36-37)18-34-31(39)29-16-22(14-20-4-7-24(41-2)8-5-20)19-38(29)32(40)30-26-10-9-25(42-3)17-23(26)12-13-33-30/h4-11,15,17,22,29-30,33H,12-14,16,18-19H2,1-3H3,(H,34,39). The van der Waals surface area contributed by atoms with Crippen molar-refractivity contribution < 1.29 is 19.1 Å². The number of ether oxygens (including phenoxy) is 2. The fraction of sp³-hybridized carbons (Fsp3) is 0.375. The largest absolute Gasteiger partial charge is 0.497 e. The molecule has 2 N–H and O–H groups in total. The second-order valence-electron chi connectivity index (χ2n) is 11.1. The smallest absolute Gasteiger partial charge is 0.245 e. The molecule has 218 valence electrons. The van der Waals surface area contributed by atoms with E-state index in [9.17, 15) is 9.59 Å². The number of amides is 2. The molecule has 1 saturated heterocycles. The SMILES string of the molecule is COc1ccc(CC2CC(C(=O)NCc3ccc4c(c3)nnn4C)N(C(=O)C3NCCc4cc(OC)ccc43)C2)cc1. The number of aryl methyl sites for hydroxylation is 1. The van der Waals surface area contributed by atoms with E-state index in [1.807, 2.05) is 67.7 Å². The highest BCUT2D eigenvalue weighted by Gasteiger charge is 2.42. The van der Waals surface area contributed by atoms with Gasteiger partial charge in [-0.15, -0.1) is 5.10 Å². The molecule has 4 aromatic rings. The number of fused-ring (bicyclic) bond motifs is 2. The van der Waals surface area contributed by atoms with Crippen molar-refractivity contribution in [3.8, 4) is 11.5 Å². The van der Waals surface area contributed by atoms with Gasteiger partial charge in [-0.25, -0.2) is 4.68 Å². The molecule has 10 heteroatoms. The zero-order chi connectivity index (χ0) is 29.2. The Morgan fingerprint density at radius 2 is 1.76 bits per heavy atom. The van der Waals surface area contributed by atoms with Crippen LogP contribution in [0.1, 0.15) is 34.7 Å². The summed E-state index contributed by atoms with van der Waals surface area (Å²) in [5.74, 6) is 1.51. The van der Waals surface area contributed by atoms with E-state index < -0.39 is 12.1 Å². The van der Waals surface area contributed by atoms with Crippen LogP contribution in [0.3, 0.4) is 0 Å². The fourth-order valence-corrected chi connectivity index (χ4v) is 6.22. The Balaban J connectivity index is 1.22. The van der Waals surface area contributed by atoms with Gasteiger partial charge >= 0.3 is 0 Å². The Labute approximate surface area is 245 Å². The monoisotopic (exact) mass is 568 g/mol. The van der Waals surface area contributed by atoms with Gasteiger partial charge < -0.3 is 25.0 Å². The molecule has 10 nitrogen and oxygen atoms in total.